The van der Waals surface area contributed by atoms with Crippen LogP contribution in [0.3, 0.4) is 0 Å². The summed E-state index contributed by atoms with van der Waals surface area (Å²) in [5, 5.41) is 11.3. The largest absolute Gasteiger partial charge is 0.381 e. The van der Waals surface area contributed by atoms with E-state index in [-0.39, 0.29) is 6.10 Å². The van der Waals surface area contributed by atoms with Crippen molar-refractivity contribution >= 4 is 0 Å². The maximum Gasteiger partial charge on any atom is 0.153 e. The van der Waals surface area contributed by atoms with Gasteiger partial charge in [-0.1, -0.05) is 0 Å². The molecule has 0 saturated carbocycles. The van der Waals surface area contributed by atoms with Gasteiger partial charge < -0.3 is 10.5 Å². The molecule has 0 spiro atoms. The first-order chi connectivity index (χ1) is 6.27. The van der Waals surface area contributed by atoms with Gasteiger partial charge in [-0.05, 0) is 17.4 Å². The molecule has 0 radical (unpaired) electrons. The van der Waals surface area contributed by atoms with Gasteiger partial charge in [0.1, 0.15) is 0 Å². The van der Waals surface area contributed by atoms with Crippen LogP contribution in [-0.2, 0) is 17.7 Å². The molecule has 0 aliphatic rings. The van der Waals surface area contributed by atoms with Crippen LogP contribution in [0.2, 0.25) is 0 Å². The molecular weight excluding hydrogens is 170 g/mol. The van der Waals surface area contributed by atoms with E-state index in [2.05, 4.69) is 15.5 Å². The molecule has 1 heterocycles. The lowest BCUT2D eigenvalue weighted by Gasteiger charge is -2.08. The van der Waals surface area contributed by atoms with Crippen molar-refractivity contribution in [3.05, 3.63) is 5.82 Å². The summed E-state index contributed by atoms with van der Waals surface area (Å²) in [5.41, 5.74) is 5.40. The predicted molar refractivity (Wildman–Crippen MR) is 47.0 cm³/mol. The molecule has 0 aliphatic heterocycles. The summed E-state index contributed by atoms with van der Waals surface area (Å²) in [6.45, 7) is 3.17. The van der Waals surface area contributed by atoms with E-state index in [1.807, 2.05) is 6.92 Å². The number of rotatable bonds is 5. The average Bonchev–Trinajstić information content (AvgIpc) is 2.54. The van der Waals surface area contributed by atoms with Gasteiger partial charge in [-0.15, -0.1) is 5.10 Å². The Balaban J connectivity index is 2.59. The first-order valence-corrected chi connectivity index (χ1v) is 4.25. The van der Waals surface area contributed by atoms with Crippen LogP contribution in [0.25, 0.3) is 0 Å². The van der Waals surface area contributed by atoms with E-state index in [1.54, 1.807) is 11.8 Å². The quantitative estimate of drug-likeness (QED) is 0.650. The van der Waals surface area contributed by atoms with Crippen LogP contribution in [0.1, 0.15) is 12.7 Å². The molecular formula is C7H15N5O. The SMILES string of the molecule is COC(C)Cc1nnnn1CCN. The molecule has 74 valence electrons. The minimum absolute atomic E-state index is 0.127. The van der Waals surface area contributed by atoms with Crippen molar-refractivity contribution in [1.29, 1.82) is 0 Å². The second-order valence-electron chi connectivity index (χ2n) is 2.86. The lowest BCUT2D eigenvalue weighted by atomic mass is 10.3. The molecule has 2 N–H and O–H groups in total. The summed E-state index contributed by atoms with van der Waals surface area (Å²) in [7, 11) is 1.67. The van der Waals surface area contributed by atoms with Gasteiger partial charge in [-0.3, -0.25) is 0 Å². The predicted octanol–water partition coefficient (Wildman–Crippen LogP) is -0.791. The molecule has 1 atom stereocenters. The normalized spacial score (nSPS) is 13.2. The van der Waals surface area contributed by atoms with Crippen LogP contribution in [0.15, 0.2) is 0 Å². The van der Waals surface area contributed by atoms with Gasteiger partial charge in [0.05, 0.1) is 12.6 Å². The van der Waals surface area contributed by atoms with Gasteiger partial charge in [0.25, 0.3) is 0 Å². The van der Waals surface area contributed by atoms with E-state index in [0.717, 1.165) is 5.82 Å². The average molecular weight is 185 g/mol. The Morgan fingerprint density at radius 3 is 3.00 bits per heavy atom. The topological polar surface area (TPSA) is 78.9 Å². The molecule has 0 aliphatic carbocycles. The molecule has 6 heteroatoms. The molecule has 0 aromatic carbocycles. The molecule has 0 bridgehead atoms. The zero-order valence-electron chi connectivity index (χ0n) is 7.97. The maximum absolute atomic E-state index is 5.40. The van der Waals surface area contributed by atoms with Crippen molar-refractivity contribution in [2.75, 3.05) is 13.7 Å². The highest BCUT2D eigenvalue weighted by molar-refractivity contribution is 4.83. The van der Waals surface area contributed by atoms with E-state index in [9.17, 15) is 0 Å². The fraction of sp³-hybridized carbons (Fsp3) is 0.857. The number of methoxy groups -OCH3 is 1. The monoisotopic (exact) mass is 185 g/mol. The van der Waals surface area contributed by atoms with E-state index in [1.165, 1.54) is 0 Å². The summed E-state index contributed by atoms with van der Waals surface area (Å²) >= 11 is 0. The Morgan fingerprint density at radius 2 is 2.38 bits per heavy atom. The number of ether oxygens (including phenoxy) is 1. The Morgan fingerprint density at radius 1 is 1.62 bits per heavy atom. The van der Waals surface area contributed by atoms with Crippen LogP contribution in [0.4, 0.5) is 0 Å². The van der Waals surface area contributed by atoms with Crippen LogP contribution >= 0.6 is 0 Å². The molecule has 1 aromatic heterocycles. The fourth-order valence-electron chi connectivity index (χ4n) is 1.01. The highest BCUT2D eigenvalue weighted by atomic mass is 16.5. The number of hydrogen-bond donors (Lipinski definition) is 1. The van der Waals surface area contributed by atoms with Crippen molar-refractivity contribution in [3.63, 3.8) is 0 Å². The molecule has 1 aromatic rings. The first kappa shape index (κ1) is 10.1. The highest BCUT2D eigenvalue weighted by Crippen LogP contribution is 1.99. The van der Waals surface area contributed by atoms with Gasteiger partial charge in [0.15, 0.2) is 5.82 Å². The standard InChI is InChI=1S/C7H15N5O/c1-6(13-2)5-7-9-10-11-12(7)4-3-8/h6H,3-5,8H2,1-2H3. The maximum atomic E-state index is 5.40. The number of nitrogens with zero attached hydrogens (tertiary/aromatic N) is 4. The fourth-order valence-corrected chi connectivity index (χ4v) is 1.01. The smallest absolute Gasteiger partial charge is 0.153 e. The van der Waals surface area contributed by atoms with E-state index in [4.69, 9.17) is 10.5 Å². The van der Waals surface area contributed by atoms with Crippen molar-refractivity contribution < 1.29 is 4.74 Å². The molecule has 6 nitrogen and oxygen atoms in total. The third kappa shape index (κ3) is 2.74. The molecule has 0 fully saturated rings. The number of aromatic nitrogens is 4. The van der Waals surface area contributed by atoms with Gasteiger partial charge in [0, 0.05) is 20.1 Å². The summed E-state index contributed by atoms with van der Waals surface area (Å²) in [4.78, 5) is 0. The summed E-state index contributed by atoms with van der Waals surface area (Å²) in [6.07, 6.45) is 0.839. The van der Waals surface area contributed by atoms with Gasteiger partial charge >= 0.3 is 0 Å². The molecule has 1 unspecified atom stereocenters. The lowest BCUT2D eigenvalue weighted by Crippen LogP contribution is -2.18. The summed E-state index contributed by atoms with van der Waals surface area (Å²) in [5.74, 6) is 0.819. The Labute approximate surface area is 77.1 Å². The molecule has 0 amide bonds. The molecule has 0 saturated heterocycles. The first-order valence-electron chi connectivity index (χ1n) is 4.25. The molecule has 13 heavy (non-hydrogen) atoms. The Hall–Kier alpha value is -1.01. The minimum atomic E-state index is 0.127. The van der Waals surface area contributed by atoms with Gasteiger partial charge in [-0.2, -0.15) is 0 Å². The third-order valence-corrected chi connectivity index (χ3v) is 1.82. The lowest BCUT2D eigenvalue weighted by molar-refractivity contribution is 0.116. The third-order valence-electron chi connectivity index (χ3n) is 1.82. The van der Waals surface area contributed by atoms with Crippen molar-refractivity contribution in [2.45, 2.75) is 26.0 Å². The summed E-state index contributed by atoms with van der Waals surface area (Å²) < 4.78 is 6.82. The summed E-state index contributed by atoms with van der Waals surface area (Å²) in [6, 6.07) is 0. The van der Waals surface area contributed by atoms with Crippen LogP contribution in [0, 0.1) is 0 Å². The number of tetrazole rings is 1. The van der Waals surface area contributed by atoms with E-state index in [0.29, 0.717) is 19.5 Å². The van der Waals surface area contributed by atoms with Crippen molar-refractivity contribution in [2.24, 2.45) is 5.73 Å². The van der Waals surface area contributed by atoms with Gasteiger partial charge in [0.2, 0.25) is 0 Å². The highest BCUT2D eigenvalue weighted by Gasteiger charge is 2.09. The van der Waals surface area contributed by atoms with Crippen molar-refractivity contribution in [1.82, 2.24) is 20.2 Å². The molecule has 1 rings (SSSR count). The number of hydrogen-bond acceptors (Lipinski definition) is 5. The van der Waals surface area contributed by atoms with E-state index >= 15 is 0 Å². The van der Waals surface area contributed by atoms with Crippen LogP contribution < -0.4 is 5.73 Å². The van der Waals surface area contributed by atoms with Crippen LogP contribution in [-0.4, -0.2) is 40.0 Å². The van der Waals surface area contributed by atoms with E-state index < -0.39 is 0 Å². The van der Waals surface area contributed by atoms with Crippen molar-refractivity contribution in [3.8, 4) is 0 Å². The zero-order chi connectivity index (χ0) is 9.68. The Bertz CT molecular complexity index is 249. The second kappa shape index (κ2) is 4.88. The minimum Gasteiger partial charge on any atom is -0.381 e. The Kier molecular flexibility index (Phi) is 3.78. The van der Waals surface area contributed by atoms with Crippen LogP contribution in [0.5, 0.6) is 0 Å². The second-order valence-corrected chi connectivity index (χ2v) is 2.86. The van der Waals surface area contributed by atoms with Gasteiger partial charge in [-0.25, -0.2) is 4.68 Å². The zero-order valence-corrected chi connectivity index (χ0v) is 7.97. The number of nitrogens with two attached hydrogens (primary N) is 1.